The summed E-state index contributed by atoms with van der Waals surface area (Å²) in [6, 6.07) is 14.8. The fourth-order valence-corrected chi connectivity index (χ4v) is 6.71. The molecule has 1 aromatic heterocycles. The van der Waals surface area contributed by atoms with Gasteiger partial charge in [-0.3, -0.25) is 4.79 Å². The van der Waals surface area contributed by atoms with Crippen LogP contribution < -0.4 is 0 Å². The van der Waals surface area contributed by atoms with Crippen LogP contribution in [0.5, 0.6) is 0 Å². The minimum atomic E-state index is -3.22. The van der Waals surface area contributed by atoms with Crippen LogP contribution in [0.3, 0.4) is 0 Å². The number of rotatable bonds is 7. The van der Waals surface area contributed by atoms with Crippen molar-refractivity contribution in [1.82, 2.24) is 14.9 Å². The van der Waals surface area contributed by atoms with Gasteiger partial charge in [-0.25, -0.2) is 18.4 Å². The molecule has 0 aliphatic carbocycles. The number of aryl methyl sites for hydroxylation is 1. The number of hydrogen-bond donors (Lipinski definition) is 0. The Hall–Kier alpha value is -2.13. The maximum atomic E-state index is 13.7. The number of carbonyl (C=O) groups is 1. The molecule has 0 N–H and O–H groups in total. The van der Waals surface area contributed by atoms with E-state index in [0.29, 0.717) is 22.4 Å². The fraction of sp³-hybridized carbons (Fsp3) is 0.292. The molecule has 6 nitrogen and oxygen atoms in total. The normalized spacial score (nSPS) is 17.0. The summed E-state index contributed by atoms with van der Waals surface area (Å²) in [5.41, 5.74) is 3.06. The molecule has 1 aliphatic rings. The molecule has 3 aromatic rings. The zero-order chi connectivity index (χ0) is 24.3. The SMILES string of the molecule is Cc1cccc(CSc2ncc(Cl)c(C(=O)N(Cc3ccccc3Cl)C3CCS(=O)(=O)C3)n2)c1. The van der Waals surface area contributed by atoms with E-state index in [1.807, 2.05) is 37.3 Å². The summed E-state index contributed by atoms with van der Waals surface area (Å²) in [6.07, 6.45) is 1.77. The van der Waals surface area contributed by atoms with Gasteiger partial charge in [0.25, 0.3) is 5.91 Å². The number of amides is 1. The van der Waals surface area contributed by atoms with Crippen molar-refractivity contribution >= 4 is 50.7 Å². The topological polar surface area (TPSA) is 80.2 Å². The van der Waals surface area contributed by atoms with Gasteiger partial charge in [-0.2, -0.15) is 0 Å². The van der Waals surface area contributed by atoms with Gasteiger partial charge in [0.1, 0.15) is 0 Å². The maximum absolute atomic E-state index is 13.7. The van der Waals surface area contributed by atoms with E-state index < -0.39 is 21.8 Å². The van der Waals surface area contributed by atoms with Crippen LogP contribution in [0.1, 0.15) is 33.6 Å². The molecule has 178 valence electrons. The first-order valence-electron chi connectivity index (χ1n) is 10.7. The number of carbonyl (C=O) groups excluding carboxylic acids is 1. The van der Waals surface area contributed by atoms with Crippen LogP contribution >= 0.6 is 35.0 Å². The molecule has 2 heterocycles. The number of aromatic nitrogens is 2. The quantitative estimate of drug-likeness (QED) is 0.305. The predicted octanol–water partition coefficient (Wildman–Crippen LogP) is 5.21. The molecule has 1 fully saturated rings. The lowest BCUT2D eigenvalue weighted by molar-refractivity contribution is 0.0674. The van der Waals surface area contributed by atoms with Crippen molar-refractivity contribution in [2.75, 3.05) is 11.5 Å². The van der Waals surface area contributed by atoms with Gasteiger partial charge in [0, 0.05) is 23.4 Å². The number of nitrogens with zero attached hydrogens (tertiary/aromatic N) is 3. The molecular formula is C24H23Cl2N3O3S2. The zero-order valence-electron chi connectivity index (χ0n) is 18.4. The van der Waals surface area contributed by atoms with Crippen LogP contribution in [-0.2, 0) is 22.1 Å². The Morgan fingerprint density at radius 3 is 2.65 bits per heavy atom. The van der Waals surface area contributed by atoms with Gasteiger partial charge in [0.05, 0.1) is 22.7 Å². The zero-order valence-corrected chi connectivity index (χ0v) is 21.6. The summed E-state index contributed by atoms with van der Waals surface area (Å²) < 4.78 is 24.3. The van der Waals surface area contributed by atoms with E-state index in [4.69, 9.17) is 23.2 Å². The molecule has 34 heavy (non-hydrogen) atoms. The van der Waals surface area contributed by atoms with Gasteiger partial charge in [-0.15, -0.1) is 0 Å². The lowest BCUT2D eigenvalue weighted by atomic mass is 10.1. The Labute approximate surface area is 213 Å². The summed E-state index contributed by atoms with van der Waals surface area (Å²) in [5, 5.41) is 1.05. The second-order valence-electron chi connectivity index (χ2n) is 8.21. The van der Waals surface area contributed by atoms with Crippen LogP contribution in [0.2, 0.25) is 10.0 Å². The first-order chi connectivity index (χ1) is 16.2. The first kappa shape index (κ1) is 25.0. The van der Waals surface area contributed by atoms with E-state index in [2.05, 4.69) is 16.0 Å². The van der Waals surface area contributed by atoms with Crippen LogP contribution in [0, 0.1) is 6.92 Å². The van der Waals surface area contributed by atoms with Crippen molar-refractivity contribution in [2.45, 2.75) is 36.8 Å². The molecule has 1 unspecified atom stereocenters. The Bertz CT molecular complexity index is 1320. The van der Waals surface area contributed by atoms with Crippen LogP contribution in [0.4, 0.5) is 0 Å². The van der Waals surface area contributed by atoms with Crippen LogP contribution in [0.15, 0.2) is 59.9 Å². The van der Waals surface area contributed by atoms with Gasteiger partial charge in [-0.05, 0) is 30.5 Å². The number of benzene rings is 2. The summed E-state index contributed by atoms with van der Waals surface area (Å²) in [4.78, 5) is 23.9. The number of thioether (sulfide) groups is 1. The van der Waals surface area contributed by atoms with Crippen LogP contribution in [-0.4, -0.2) is 46.7 Å². The van der Waals surface area contributed by atoms with E-state index in [0.717, 1.165) is 16.7 Å². The summed E-state index contributed by atoms with van der Waals surface area (Å²) >= 11 is 14.1. The molecule has 10 heteroatoms. The Morgan fingerprint density at radius 2 is 1.94 bits per heavy atom. The monoisotopic (exact) mass is 535 g/mol. The molecular weight excluding hydrogens is 513 g/mol. The largest absolute Gasteiger partial charge is 0.329 e. The maximum Gasteiger partial charge on any atom is 0.274 e. The van der Waals surface area contributed by atoms with Crippen molar-refractivity contribution in [3.63, 3.8) is 0 Å². The first-order valence-corrected chi connectivity index (χ1v) is 14.2. The van der Waals surface area contributed by atoms with Crippen molar-refractivity contribution in [3.05, 3.63) is 87.2 Å². The van der Waals surface area contributed by atoms with E-state index in [9.17, 15) is 13.2 Å². The lowest BCUT2D eigenvalue weighted by Gasteiger charge is -2.28. The molecule has 1 saturated heterocycles. The number of hydrogen-bond acceptors (Lipinski definition) is 6. The second kappa shape index (κ2) is 10.6. The summed E-state index contributed by atoms with van der Waals surface area (Å²) in [5.74, 6) is 0.146. The second-order valence-corrected chi connectivity index (χ2v) is 12.2. The fourth-order valence-electron chi connectivity index (χ4n) is 3.85. The highest BCUT2D eigenvalue weighted by molar-refractivity contribution is 7.98. The van der Waals surface area contributed by atoms with E-state index in [1.54, 1.807) is 12.1 Å². The smallest absolute Gasteiger partial charge is 0.274 e. The molecule has 1 atom stereocenters. The van der Waals surface area contributed by atoms with Gasteiger partial charge in [0.2, 0.25) is 0 Å². The standard InChI is InChI=1S/C24H23Cl2N3O3S2/c1-16-5-4-6-17(11-16)14-33-24-27-12-21(26)22(28-24)23(30)29(19-9-10-34(31,32)15-19)13-18-7-2-3-8-20(18)25/h2-8,11-12,19H,9-10,13-15H2,1H3. The van der Waals surface area contributed by atoms with Crippen LogP contribution in [0.25, 0.3) is 0 Å². The Kier molecular flexibility index (Phi) is 7.82. The molecule has 2 aromatic carbocycles. The summed E-state index contributed by atoms with van der Waals surface area (Å²) in [7, 11) is -3.22. The Morgan fingerprint density at radius 1 is 1.15 bits per heavy atom. The average Bonchev–Trinajstić information content (AvgIpc) is 3.17. The molecule has 1 amide bonds. The third-order valence-corrected chi connectivity index (χ3v) is 8.91. The minimum absolute atomic E-state index is 0.0407. The number of halogens is 2. The van der Waals surface area contributed by atoms with E-state index in [-0.39, 0.29) is 28.8 Å². The molecule has 0 bridgehead atoms. The van der Waals surface area contributed by atoms with Crippen molar-refractivity contribution in [3.8, 4) is 0 Å². The highest BCUT2D eigenvalue weighted by Gasteiger charge is 2.36. The van der Waals surface area contributed by atoms with E-state index >= 15 is 0 Å². The minimum Gasteiger partial charge on any atom is -0.329 e. The van der Waals surface area contributed by atoms with Gasteiger partial charge in [-0.1, -0.05) is 83.0 Å². The summed E-state index contributed by atoms with van der Waals surface area (Å²) in [6.45, 7) is 2.19. The third kappa shape index (κ3) is 6.10. The molecule has 1 aliphatic heterocycles. The molecule has 0 saturated carbocycles. The van der Waals surface area contributed by atoms with Gasteiger partial charge < -0.3 is 4.90 Å². The van der Waals surface area contributed by atoms with Crippen molar-refractivity contribution < 1.29 is 13.2 Å². The van der Waals surface area contributed by atoms with Gasteiger partial charge >= 0.3 is 0 Å². The lowest BCUT2D eigenvalue weighted by Crippen LogP contribution is -2.41. The van der Waals surface area contributed by atoms with Crippen molar-refractivity contribution in [2.24, 2.45) is 0 Å². The molecule has 0 radical (unpaired) electrons. The third-order valence-electron chi connectivity index (χ3n) is 5.58. The van der Waals surface area contributed by atoms with E-state index in [1.165, 1.54) is 22.9 Å². The highest BCUT2D eigenvalue weighted by Crippen LogP contribution is 2.28. The van der Waals surface area contributed by atoms with Crippen molar-refractivity contribution in [1.29, 1.82) is 0 Å². The average molecular weight is 537 g/mol. The molecule has 0 spiro atoms. The highest BCUT2D eigenvalue weighted by atomic mass is 35.5. The Balaban J connectivity index is 1.61. The van der Waals surface area contributed by atoms with Gasteiger partial charge in [0.15, 0.2) is 20.7 Å². The number of sulfone groups is 1. The predicted molar refractivity (Wildman–Crippen MR) is 136 cm³/mol. The molecule has 4 rings (SSSR count).